The minimum absolute atomic E-state index is 0.208. The first kappa shape index (κ1) is 13.8. The van der Waals surface area contributed by atoms with Gasteiger partial charge in [-0.05, 0) is 32.4 Å². The van der Waals surface area contributed by atoms with Crippen LogP contribution >= 0.6 is 0 Å². The molecule has 0 aliphatic carbocycles. The van der Waals surface area contributed by atoms with Crippen LogP contribution in [-0.4, -0.2) is 23.6 Å². The van der Waals surface area contributed by atoms with Crippen molar-refractivity contribution in [2.24, 2.45) is 0 Å². The fraction of sp³-hybridized carbons (Fsp3) is 0.500. The summed E-state index contributed by atoms with van der Waals surface area (Å²) in [6, 6.07) is 3.06. The van der Waals surface area contributed by atoms with E-state index in [9.17, 15) is 14.3 Å². The van der Waals surface area contributed by atoms with Gasteiger partial charge in [-0.2, -0.15) is 0 Å². The van der Waals surface area contributed by atoms with E-state index in [0.717, 1.165) is 6.42 Å². The number of hydrogen-bond donors (Lipinski definition) is 2. The predicted octanol–water partition coefficient (Wildman–Crippen LogP) is 2.44. The summed E-state index contributed by atoms with van der Waals surface area (Å²) in [7, 11) is 0. The first-order valence-electron chi connectivity index (χ1n) is 6.58. The Hall–Kier alpha value is -1.62. The molecule has 1 aliphatic heterocycles. The van der Waals surface area contributed by atoms with Gasteiger partial charge in [-0.25, -0.2) is 4.39 Å². The third-order valence-electron chi connectivity index (χ3n) is 3.69. The first-order chi connectivity index (χ1) is 8.99. The molecule has 19 heavy (non-hydrogen) atoms. The van der Waals surface area contributed by atoms with Gasteiger partial charge in [0.15, 0.2) is 6.10 Å². The van der Waals surface area contributed by atoms with Crippen molar-refractivity contribution < 1.29 is 14.3 Å². The van der Waals surface area contributed by atoms with Gasteiger partial charge < -0.3 is 15.3 Å². The van der Waals surface area contributed by atoms with Crippen molar-refractivity contribution in [3.63, 3.8) is 0 Å². The van der Waals surface area contributed by atoms with Gasteiger partial charge in [-0.15, -0.1) is 0 Å². The van der Waals surface area contributed by atoms with Gasteiger partial charge in [0, 0.05) is 23.8 Å². The van der Waals surface area contributed by atoms with Gasteiger partial charge in [0.05, 0.1) is 5.69 Å². The number of fused-ring (bicyclic) bond motifs is 1. The molecule has 1 aromatic carbocycles. The van der Waals surface area contributed by atoms with E-state index in [1.807, 2.05) is 25.7 Å². The van der Waals surface area contributed by atoms with Crippen molar-refractivity contribution in [3.8, 4) is 0 Å². The molecule has 2 N–H and O–H groups in total. The predicted molar refractivity (Wildman–Crippen MR) is 72.8 cm³/mol. The number of amides is 1. The van der Waals surface area contributed by atoms with Crippen LogP contribution in [0.5, 0.6) is 0 Å². The number of halogens is 1. The number of carbonyl (C=O) groups is 1. The molecular formula is C14H19FN2O2. The molecule has 0 saturated carbocycles. The number of carbonyl (C=O) groups excluding carboxylic acids is 1. The largest absolute Gasteiger partial charge is 0.378 e. The molecule has 1 heterocycles. The van der Waals surface area contributed by atoms with Crippen molar-refractivity contribution in [2.45, 2.75) is 39.3 Å². The fourth-order valence-electron chi connectivity index (χ4n) is 2.41. The number of nitrogens with one attached hydrogen (secondary N) is 1. The number of anilines is 2. The number of benzene rings is 1. The molecule has 0 radical (unpaired) electrons. The highest BCUT2D eigenvalue weighted by Crippen LogP contribution is 2.36. The molecular weight excluding hydrogens is 247 g/mol. The van der Waals surface area contributed by atoms with E-state index in [4.69, 9.17) is 0 Å². The Morgan fingerprint density at radius 3 is 2.74 bits per heavy atom. The summed E-state index contributed by atoms with van der Waals surface area (Å²) < 4.78 is 14.2. The Morgan fingerprint density at radius 2 is 2.16 bits per heavy atom. The van der Waals surface area contributed by atoms with Crippen LogP contribution in [0.3, 0.4) is 0 Å². The molecule has 0 spiro atoms. The lowest BCUT2D eigenvalue weighted by Gasteiger charge is -2.30. The third kappa shape index (κ3) is 2.30. The van der Waals surface area contributed by atoms with Crippen molar-refractivity contribution in [3.05, 3.63) is 23.5 Å². The van der Waals surface area contributed by atoms with Crippen LogP contribution in [0.1, 0.15) is 38.9 Å². The Kier molecular flexibility index (Phi) is 3.75. The van der Waals surface area contributed by atoms with E-state index in [1.54, 1.807) is 6.07 Å². The second-order valence-corrected chi connectivity index (χ2v) is 4.83. The van der Waals surface area contributed by atoms with E-state index in [-0.39, 0.29) is 6.04 Å². The maximum atomic E-state index is 14.2. The van der Waals surface area contributed by atoms with Crippen molar-refractivity contribution in [1.29, 1.82) is 0 Å². The summed E-state index contributed by atoms with van der Waals surface area (Å²) in [5.74, 6) is -0.908. The van der Waals surface area contributed by atoms with Gasteiger partial charge in [-0.3, -0.25) is 4.79 Å². The summed E-state index contributed by atoms with van der Waals surface area (Å²) >= 11 is 0. The summed E-state index contributed by atoms with van der Waals surface area (Å²) in [6.07, 6.45) is -0.364. The average Bonchev–Trinajstić information content (AvgIpc) is 2.66. The van der Waals surface area contributed by atoms with Crippen LogP contribution in [0.25, 0.3) is 0 Å². The van der Waals surface area contributed by atoms with Gasteiger partial charge in [0.2, 0.25) is 0 Å². The topological polar surface area (TPSA) is 52.6 Å². The SMILES string of the molecule is CCC(C)N(CC)c1cc2c(cc1F)C(O)C(=O)N2. The van der Waals surface area contributed by atoms with Gasteiger partial charge in [0.25, 0.3) is 5.91 Å². The van der Waals surface area contributed by atoms with E-state index >= 15 is 0 Å². The highest BCUT2D eigenvalue weighted by Gasteiger charge is 2.31. The molecule has 1 aromatic rings. The van der Waals surface area contributed by atoms with Gasteiger partial charge >= 0.3 is 0 Å². The summed E-state index contributed by atoms with van der Waals surface area (Å²) in [6.45, 7) is 6.72. The van der Waals surface area contributed by atoms with Crippen LogP contribution in [0, 0.1) is 5.82 Å². The average molecular weight is 266 g/mol. The zero-order valence-corrected chi connectivity index (χ0v) is 11.4. The number of hydrogen-bond acceptors (Lipinski definition) is 3. The molecule has 5 heteroatoms. The molecule has 0 saturated heterocycles. The van der Waals surface area contributed by atoms with Crippen LogP contribution < -0.4 is 10.2 Å². The molecule has 4 nitrogen and oxygen atoms in total. The monoisotopic (exact) mass is 266 g/mol. The van der Waals surface area contributed by atoms with Crippen LogP contribution in [0.15, 0.2) is 12.1 Å². The molecule has 2 unspecified atom stereocenters. The number of rotatable bonds is 4. The lowest BCUT2D eigenvalue weighted by atomic mass is 10.1. The Bertz CT molecular complexity index is 504. The molecule has 104 valence electrons. The van der Waals surface area contributed by atoms with E-state index in [1.165, 1.54) is 6.07 Å². The van der Waals surface area contributed by atoms with E-state index in [0.29, 0.717) is 23.5 Å². The molecule has 1 amide bonds. The highest BCUT2D eigenvalue weighted by molar-refractivity contribution is 6.02. The second kappa shape index (κ2) is 5.17. The molecule has 0 fully saturated rings. The molecule has 2 atom stereocenters. The number of aliphatic hydroxyl groups is 1. The number of aliphatic hydroxyl groups excluding tert-OH is 1. The summed E-state index contributed by atoms with van der Waals surface area (Å²) in [4.78, 5) is 13.3. The van der Waals surface area contributed by atoms with Crippen LogP contribution in [0.2, 0.25) is 0 Å². The van der Waals surface area contributed by atoms with Crippen LogP contribution in [0.4, 0.5) is 15.8 Å². The van der Waals surface area contributed by atoms with E-state index < -0.39 is 17.8 Å². The number of nitrogens with zero attached hydrogens (tertiary/aromatic N) is 1. The molecule has 0 aromatic heterocycles. The maximum Gasteiger partial charge on any atom is 0.257 e. The lowest BCUT2D eigenvalue weighted by molar-refractivity contribution is -0.123. The van der Waals surface area contributed by atoms with Gasteiger partial charge in [0.1, 0.15) is 5.82 Å². The Balaban J connectivity index is 2.44. The van der Waals surface area contributed by atoms with E-state index in [2.05, 4.69) is 5.32 Å². The van der Waals surface area contributed by atoms with Crippen molar-refractivity contribution in [2.75, 3.05) is 16.8 Å². The zero-order chi connectivity index (χ0) is 14.2. The quantitative estimate of drug-likeness (QED) is 0.880. The highest BCUT2D eigenvalue weighted by atomic mass is 19.1. The smallest absolute Gasteiger partial charge is 0.257 e. The third-order valence-corrected chi connectivity index (χ3v) is 3.69. The first-order valence-corrected chi connectivity index (χ1v) is 6.58. The Labute approximate surface area is 112 Å². The minimum atomic E-state index is -1.27. The lowest BCUT2D eigenvalue weighted by Crippen LogP contribution is -2.33. The summed E-state index contributed by atoms with van der Waals surface area (Å²) in [5.41, 5.74) is 1.27. The van der Waals surface area contributed by atoms with Crippen molar-refractivity contribution >= 4 is 17.3 Å². The van der Waals surface area contributed by atoms with Gasteiger partial charge in [-0.1, -0.05) is 6.92 Å². The van der Waals surface area contributed by atoms with Crippen molar-refractivity contribution in [1.82, 2.24) is 0 Å². The van der Waals surface area contributed by atoms with Crippen LogP contribution in [-0.2, 0) is 4.79 Å². The maximum absolute atomic E-state index is 14.2. The second-order valence-electron chi connectivity index (χ2n) is 4.83. The Morgan fingerprint density at radius 1 is 1.47 bits per heavy atom. The fourth-order valence-corrected chi connectivity index (χ4v) is 2.41. The minimum Gasteiger partial charge on any atom is -0.378 e. The zero-order valence-electron chi connectivity index (χ0n) is 11.4. The summed E-state index contributed by atoms with van der Waals surface area (Å²) in [5, 5.41) is 12.2. The molecule has 2 rings (SSSR count). The molecule has 1 aliphatic rings. The standard InChI is InChI=1S/C14H19FN2O2/c1-4-8(3)17(5-2)12-7-11-9(6-10(12)15)13(18)14(19)16-11/h6-8,13,18H,4-5H2,1-3H3,(H,16,19). The normalized spacial score (nSPS) is 19.0. The molecule has 0 bridgehead atoms.